The summed E-state index contributed by atoms with van der Waals surface area (Å²) in [5.74, 6) is -0.0175. The number of hydrogen-bond donors (Lipinski definition) is 0. The number of likely N-dealkylation sites (tertiary alicyclic amines) is 1. The van der Waals surface area contributed by atoms with Crippen molar-refractivity contribution in [2.45, 2.75) is 18.9 Å². The molecule has 1 aromatic carbocycles. The van der Waals surface area contributed by atoms with Gasteiger partial charge in [0.1, 0.15) is 0 Å². The minimum atomic E-state index is -0.0175. The number of rotatable bonds is 5. The van der Waals surface area contributed by atoms with Crippen molar-refractivity contribution in [3.05, 3.63) is 33.8 Å². The topological polar surface area (TPSA) is 32.8 Å². The Kier molecular flexibility index (Phi) is 6.50. The van der Waals surface area contributed by atoms with Gasteiger partial charge in [-0.15, -0.1) is 0 Å². The highest BCUT2D eigenvalue weighted by molar-refractivity contribution is 6.35. The monoisotopic (exact) mass is 344 g/mol. The number of nitrogens with zero attached hydrogens (tertiary/aromatic N) is 2. The van der Waals surface area contributed by atoms with Gasteiger partial charge in [0, 0.05) is 35.2 Å². The molecule has 0 bridgehead atoms. The van der Waals surface area contributed by atoms with Gasteiger partial charge in [-0.3, -0.25) is 4.79 Å². The van der Waals surface area contributed by atoms with E-state index in [0.717, 1.165) is 26.0 Å². The van der Waals surface area contributed by atoms with Gasteiger partial charge in [-0.05, 0) is 45.1 Å². The highest BCUT2D eigenvalue weighted by atomic mass is 35.5. The van der Waals surface area contributed by atoms with Crippen LogP contribution in [0.1, 0.15) is 23.2 Å². The van der Waals surface area contributed by atoms with E-state index < -0.39 is 0 Å². The maximum absolute atomic E-state index is 12.5. The third kappa shape index (κ3) is 5.13. The number of likely N-dealkylation sites (N-methyl/N-ethyl adjacent to an activating group) is 1. The van der Waals surface area contributed by atoms with Crippen LogP contribution < -0.4 is 0 Å². The molecule has 1 amide bonds. The van der Waals surface area contributed by atoms with Crippen molar-refractivity contribution in [3.8, 4) is 0 Å². The van der Waals surface area contributed by atoms with E-state index in [1.165, 1.54) is 0 Å². The molecule has 0 N–H and O–H groups in total. The molecule has 1 aliphatic heterocycles. The van der Waals surface area contributed by atoms with Crippen LogP contribution in [-0.2, 0) is 4.74 Å². The van der Waals surface area contributed by atoms with Crippen LogP contribution in [0.3, 0.4) is 0 Å². The summed E-state index contributed by atoms with van der Waals surface area (Å²) in [5, 5.41) is 0.968. The number of amides is 1. The summed E-state index contributed by atoms with van der Waals surface area (Å²) in [6.45, 7) is 3.06. The summed E-state index contributed by atoms with van der Waals surface area (Å²) in [4.78, 5) is 16.4. The van der Waals surface area contributed by atoms with E-state index in [0.29, 0.717) is 28.7 Å². The lowest BCUT2D eigenvalue weighted by Gasteiger charge is -2.32. The van der Waals surface area contributed by atoms with Gasteiger partial charge in [-0.25, -0.2) is 0 Å². The molecule has 0 atom stereocenters. The number of benzene rings is 1. The Hall–Kier alpha value is -0.810. The number of carbonyl (C=O) groups is 1. The second-order valence-corrected chi connectivity index (χ2v) is 6.70. The van der Waals surface area contributed by atoms with Crippen LogP contribution in [0.25, 0.3) is 0 Å². The first-order valence-electron chi connectivity index (χ1n) is 7.47. The zero-order valence-corrected chi connectivity index (χ0v) is 14.5. The zero-order chi connectivity index (χ0) is 16.1. The summed E-state index contributed by atoms with van der Waals surface area (Å²) in [5.41, 5.74) is 0.546. The number of carbonyl (C=O) groups excluding carboxylic acids is 1. The molecular weight excluding hydrogens is 323 g/mol. The van der Waals surface area contributed by atoms with Gasteiger partial charge in [0.25, 0.3) is 5.91 Å². The Morgan fingerprint density at radius 3 is 2.36 bits per heavy atom. The summed E-state index contributed by atoms with van der Waals surface area (Å²) < 4.78 is 5.84. The highest BCUT2D eigenvalue weighted by Crippen LogP contribution is 2.22. The lowest BCUT2D eigenvalue weighted by Crippen LogP contribution is -2.41. The van der Waals surface area contributed by atoms with Crippen LogP contribution in [-0.4, -0.2) is 62.1 Å². The molecule has 122 valence electrons. The molecular formula is C16H22Cl2N2O2. The lowest BCUT2D eigenvalue weighted by atomic mass is 10.1. The summed E-state index contributed by atoms with van der Waals surface area (Å²) in [6, 6.07) is 4.95. The van der Waals surface area contributed by atoms with Gasteiger partial charge in [0.2, 0.25) is 0 Å². The average Bonchev–Trinajstić information content (AvgIpc) is 2.46. The minimum Gasteiger partial charge on any atom is -0.377 e. The molecule has 0 radical (unpaired) electrons. The van der Waals surface area contributed by atoms with Gasteiger partial charge in [-0.2, -0.15) is 0 Å². The summed E-state index contributed by atoms with van der Waals surface area (Å²) >= 11 is 11.9. The number of ether oxygens (including phenoxy) is 1. The van der Waals surface area contributed by atoms with Gasteiger partial charge in [-0.1, -0.05) is 23.2 Å². The fourth-order valence-corrected chi connectivity index (χ4v) is 3.01. The standard InChI is InChI=1S/C16H22Cl2N2O2/c1-19(2)7-8-22-15-3-5-20(6-4-15)16(21)12-9-13(17)11-14(18)10-12/h9-11,15H,3-8H2,1-2H3. The van der Waals surface area contributed by atoms with Crippen molar-refractivity contribution >= 4 is 29.1 Å². The smallest absolute Gasteiger partial charge is 0.253 e. The van der Waals surface area contributed by atoms with E-state index in [4.69, 9.17) is 27.9 Å². The fourth-order valence-electron chi connectivity index (χ4n) is 2.49. The molecule has 1 heterocycles. The van der Waals surface area contributed by atoms with Crippen molar-refractivity contribution in [1.82, 2.24) is 9.80 Å². The van der Waals surface area contributed by atoms with Crippen LogP contribution in [0.2, 0.25) is 10.0 Å². The third-order valence-corrected chi connectivity index (χ3v) is 4.17. The Labute approximate surface area is 141 Å². The van der Waals surface area contributed by atoms with Crippen LogP contribution in [0.4, 0.5) is 0 Å². The van der Waals surface area contributed by atoms with Crippen LogP contribution >= 0.6 is 23.2 Å². The van der Waals surface area contributed by atoms with Crippen molar-refractivity contribution in [1.29, 1.82) is 0 Å². The van der Waals surface area contributed by atoms with Gasteiger partial charge in [0.05, 0.1) is 12.7 Å². The second kappa shape index (κ2) is 8.16. The van der Waals surface area contributed by atoms with E-state index in [-0.39, 0.29) is 12.0 Å². The summed E-state index contributed by atoms with van der Waals surface area (Å²) in [7, 11) is 4.06. The molecule has 0 saturated carbocycles. The van der Waals surface area contributed by atoms with Gasteiger partial charge < -0.3 is 14.5 Å². The van der Waals surface area contributed by atoms with Crippen LogP contribution in [0, 0.1) is 0 Å². The maximum atomic E-state index is 12.5. The van der Waals surface area contributed by atoms with Crippen LogP contribution in [0.5, 0.6) is 0 Å². The van der Waals surface area contributed by atoms with Crippen molar-refractivity contribution in [3.63, 3.8) is 0 Å². The second-order valence-electron chi connectivity index (χ2n) is 5.82. The Morgan fingerprint density at radius 1 is 1.23 bits per heavy atom. The first-order valence-corrected chi connectivity index (χ1v) is 8.23. The summed E-state index contributed by atoms with van der Waals surface area (Å²) in [6.07, 6.45) is 1.98. The van der Waals surface area contributed by atoms with Crippen molar-refractivity contribution in [2.75, 3.05) is 40.3 Å². The van der Waals surface area contributed by atoms with Crippen molar-refractivity contribution in [2.24, 2.45) is 0 Å². The molecule has 4 nitrogen and oxygen atoms in total. The van der Waals surface area contributed by atoms with E-state index in [1.54, 1.807) is 18.2 Å². The maximum Gasteiger partial charge on any atom is 0.253 e. The third-order valence-electron chi connectivity index (χ3n) is 3.73. The average molecular weight is 345 g/mol. The fraction of sp³-hybridized carbons (Fsp3) is 0.562. The molecule has 2 rings (SSSR count). The molecule has 1 saturated heterocycles. The largest absolute Gasteiger partial charge is 0.377 e. The quantitative estimate of drug-likeness (QED) is 0.822. The normalized spacial score (nSPS) is 16.3. The zero-order valence-electron chi connectivity index (χ0n) is 13.0. The Bertz CT molecular complexity index is 495. The number of halogens is 2. The van der Waals surface area contributed by atoms with E-state index in [9.17, 15) is 4.79 Å². The lowest BCUT2D eigenvalue weighted by molar-refractivity contribution is 0.00393. The molecule has 0 unspecified atom stereocenters. The predicted molar refractivity (Wildman–Crippen MR) is 89.9 cm³/mol. The van der Waals surface area contributed by atoms with Crippen molar-refractivity contribution < 1.29 is 9.53 Å². The molecule has 0 spiro atoms. The predicted octanol–water partition coefficient (Wildman–Crippen LogP) is 3.18. The molecule has 0 aliphatic carbocycles. The molecule has 1 aromatic rings. The molecule has 1 aliphatic rings. The first-order chi connectivity index (χ1) is 10.5. The minimum absolute atomic E-state index is 0.0175. The number of piperidine rings is 1. The molecule has 0 aromatic heterocycles. The highest BCUT2D eigenvalue weighted by Gasteiger charge is 2.24. The SMILES string of the molecule is CN(C)CCOC1CCN(C(=O)c2cc(Cl)cc(Cl)c2)CC1. The van der Waals surface area contributed by atoms with Gasteiger partial charge in [0.15, 0.2) is 0 Å². The first kappa shape index (κ1) is 17.5. The number of hydrogen-bond acceptors (Lipinski definition) is 3. The molecule has 22 heavy (non-hydrogen) atoms. The Morgan fingerprint density at radius 2 is 1.82 bits per heavy atom. The van der Waals surface area contributed by atoms with E-state index in [1.807, 2.05) is 19.0 Å². The van der Waals surface area contributed by atoms with Crippen LogP contribution in [0.15, 0.2) is 18.2 Å². The van der Waals surface area contributed by atoms with Gasteiger partial charge >= 0.3 is 0 Å². The Balaban J connectivity index is 1.84. The van der Waals surface area contributed by atoms with E-state index in [2.05, 4.69) is 4.90 Å². The molecule has 1 fully saturated rings. The molecule has 6 heteroatoms. The van der Waals surface area contributed by atoms with E-state index >= 15 is 0 Å².